The van der Waals surface area contributed by atoms with Crippen molar-refractivity contribution >= 4 is 22.5 Å². The van der Waals surface area contributed by atoms with Gasteiger partial charge >= 0.3 is 0 Å². The van der Waals surface area contributed by atoms with Crippen LogP contribution in [0.3, 0.4) is 0 Å². The molecule has 0 spiro atoms. The highest BCUT2D eigenvalue weighted by Gasteiger charge is 2.20. The Morgan fingerprint density at radius 3 is 2.22 bits per heavy atom. The van der Waals surface area contributed by atoms with Crippen LogP contribution in [0.15, 0.2) is 91.0 Å². The van der Waals surface area contributed by atoms with Crippen molar-refractivity contribution in [2.24, 2.45) is 0 Å². The van der Waals surface area contributed by atoms with Crippen molar-refractivity contribution in [3.63, 3.8) is 0 Å². The van der Waals surface area contributed by atoms with Gasteiger partial charge in [0.25, 0.3) is 5.91 Å². The monoisotopic (exact) mass is 486 g/mol. The van der Waals surface area contributed by atoms with Gasteiger partial charge in [-0.25, -0.2) is 4.98 Å². The van der Waals surface area contributed by atoms with Gasteiger partial charge in [0.15, 0.2) is 0 Å². The number of ether oxygens (including phenoxy) is 1. The van der Waals surface area contributed by atoms with E-state index in [1.807, 2.05) is 107 Å². The van der Waals surface area contributed by atoms with Gasteiger partial charge in [0, 0.05) is 16.6 Å². The summed E-state index contributed by atoms with van der Waals surface area (Å²) >= 11 is 0. The second kappa shape index (κ2) is 10.3. The van der Waals surface area contributed by atoms with Gasteiger partial charge < -0.3 is 10.1 Å². The van der Waals surface area contributed by atoms with Crippen LogP contribution in [0.25, 0.3) is 22.2 Å². The molecular weight excluding hydrogens is 456 g/mol. The number of rotatable bonds is 6. The minimum Gasteiger partial charge on any atom is -0.489 e. The molecule has 0 saturated heterocycles. The van der Waals surface area contributed by atoms with E-state index in [2.05, 4.69) is 17.4 Å². The molecule has 4 nitrogen and oxygen atoms in total. The van der Waals surface area contributed by atoms with Crippen LogP contribution in [-0.4, -0.2) is 10.9 Å². The lowest BCUT2D eigenvalue weighted by Gasteiger charge is -2.17. The normalized spacial score (nSPS) is 10.9. The van der Waals surface area contributed by atoms with Crippen LogP contribution < -0.4 is 10.1 Å². The van der Waals surface area contributed by atoms with Crippen molar-refractivity contribution in [1.29, 1.82) is 0 Å². The number of nitrogens with zero attached hydrogens (tertiary/aromatic N) is 1. The van der Waals surface area contributed by atoms with E-state index in [0.29, 0.717) is 12.2 Å². The van der Waals surface area contributed by atoms with Crippen molar-refractivity contribution in [3.05, 3.63) is 124 Å². The number of nitrogens with one attached hydrogen (secondary N) is 1. The number of benzene rings is 4. The average molecular weight is 487 g/mol. The number of hydrogen-bond donors (Lipinski definition) is 1. The Kier molecular flexibility index (Phi) is 6.74. The molecule has 0 saturated carbocycles. The highest BCUT2D eigenvalue weighted by Crippen LogP contribution is 2.33. The second-order valence-electron chi connectivity index (χ2n) is 9.56. The second-order valence-corrected chi connectivity index (χ2v) is 9.56. The van der Waals surface area contributed by atoms with Crippen molar-refractivity contribution in [2.75, 3.05) is 5.32 Å². The zero-order valence-corrected chi connectivity index (χ0v) is 21.6. The van der Waals surface area contributed by atoms with E-state index in [9.17, 15) is 4.79 Å². The summed E-state index contributed by atoms with van der Waals surface area (Å²) < 4.78 is 5.97. The molecule has 4 heteroatoms. The maximum atomic E-state index is 13.7. The lowest BCUT2D eigenvalue weighted by Crippen LogP contribution is -2.15. The zero-order valence-electron chi connectivity index (χ0n) is 21.6. The molecule has 1 heterocycles. The Morgan fingerprint density at radius 1 is 0.811 bits per heavy atom. The first-order valence-electron chi connectivity index (χ1n) is 12.5. The van der Waals surface area contributed by atoms with Crippen LogP contribution in [0.2, 0.25) is 0 Å². The van der Waals surface area contributed by atoms with Crippen LogP contribution >= 0.6 is 0 Å². The van der Waals surface area contributed by atoms with Crippen LogP contribution in [0.1, 0.15) is 38.2 Å². The van der Waals surface area contributed by atoms with E-state index < -0.39 is 0 Å². The third kappa shape index (κ3) is 5.24. The summed E-state index contributed by atoms with van der Waals surface area (Å²) in [4.78, 5) is 18.7. The van der Waals surface area contributed by atoms with E-state index in [-0.39, 0.29) is 5.91 Å². The van der Waals surface area contributed by atoms with Gasteiger partial charge in [-0.2, -0.15) is 0 Å². The van der Waals surface area contributed by atoms with E-state index >= 15 is 0 Å². The Bertz CT molecular complexity index is 1570. The highest BCUT2D eigenvalue weighted by atomic mass is 16.5. The summed E-state index contributed by atoms with van der Waals surface area (Å²) in [6.45, 7) is 8.61. The number of aromatic nitrogens is 1. The van der Waals surface area contributed by atoms with Gasteiger partial charge in [-0.1, -0.05) is 59.7 Å². The Labute approximate surface area is 218 Å². The van der Waals surface area contributed by atoms with Gasteiger partial charge in [0.2, 0.25) is 0 Å². The first-order chi connectivity index (χ1) is 17.9. The summed E-state index contributed by atoms with van der Waals surface area (Å²) in [7, 11) is 0. The molecule has 37 heavy (non-hydrogen) atoms. The Balaban J connectivity index is 1.53. The van der Waals surface area contributed by atoms with Crippen LogP contribution in [0, 0.1) is 27.7 Å². The lowest BCUT2D eigenvalue weighted by atomic mass is 9.94. The number of hydrogen-bond acceptors (Lipinski definition) is 3. The van der Waals surface area contributed by atoms with E-state index in [0.717, 1.165) is 61.4 Å². The van der Waals surface area contributed by atoms with E-state index in [1.165, 1.54) is 0 Å². The van der Waals surface area contributed by atoms with Gasteiger partial charge in [0.05, 0.1) is 16.8 Å². The standard InChI is InChI=1S/C33H30N2O2/c1-21-10-14-27(15-11-21)34-33(36)30-24(4)32(35-31-23(3)18-22(2)19-29(30)31)26-12-16-28(17-13-26)37-20-25-8-6-5-7-9-25/h5-19H,20H2,1-4H3,(H,34,36). The quantitative estimate of drug-likeness (QED) is 0.265. The minimum absolute atomic E-state index is 0.136. The number of fused-ring (bicyclic) bond motifs is 1. The first kappa shape index (κ1) is 24.3. The van der Waals surface area contributed by atoms with Gasteiger partial charge in [0.1, 0.15) is 12.4 Å². The molecule has 0 fully saturated rings. The Hall–Kier alpha value is -4.44. The highest BCUT2D eigenvalue weighted by molar-refractivity contribution is 6.15. The predicted octanol–water partition coefficient (Wildman–Crippen LogP) is 7.97. The average Bonchev–Trinajstić information content (AvgIpc) is 2.89. The molecule has 184 valence electrons. The van der Waals surface area contributed by atoms with E-state index in [4.69, 9.17) is 9.72 Å². The third-order valence-electron chi connectivity index (χ3n) is 6.58. The van der Waals surface area contributed by atoms with Crippen LogP contribution in [0.4, 0.5) is 5.69 Å². The SMILES string of the molecule is Cc1ccc(NC(=O)c2c(C)c(-c3ccc(OCc4ccccc4)cc3)nc3c(C)cc(C)cc23)cc1. The fraction of sp³-hybridized carbons (Fsp3) is 0.152. The molecule has 0 atom stereocenters. The molecule has 5 aromatic rings. The van der Waals surface area contributed by atoms with Crippen LogP contribution in [-0.2, 0) is 6.61 Å². The lowest BCUT2D eigenvalue weighted by molar-refractivity contribution is 0.102. The topological polar surface area (TPSA) is 51.2 Å². The van der Waals surface area contributed by atoms with Gasteiger partial charge in [-0.05, 0) is 86.8 Å². The molecule has 0 aliphatic rings. The van der Waals surface area contributed by atoms with Crippen molar-refractivity contribution in [2.45, 2.75) is 34.3 Å². The fourth-order valence-corrected chi connectivity index (χ4v) is 4.67. The number of aryl methyl sites for hydroxylation is 3. The minimum atomic E-state index is -0.136. The number of amides is 1. The molecule has 1 amide bonds. The van der Waals surface area contributed by atoms with Crippen LogP contribution in [0.5, 0.6) is 5.75 Å². The molecule has 0 aliphatic heterocycles. The maximum absolute atomic E-state index is 13.7. The summed E-state index contributed by atoms with van der Waals surface area (Å²) in [5.41, 5.74) is 9.25. The molecule has 4 aromatic carbocycles. The smallest absolute Gasteiger partial charge is 0.256 e. The van der Waals surface area contributed by atoms with Gasteiger partial charge in [-0.15, -0.1) is 0 Å². The molecular formula is C33H30N2O2. The summed E-state index contributed by atoms with van der Waals surface area (Å²) in [6, 6.07) is 30.0. The summed E-state index contributed by atoms with van der Waals surface area (Å²) in [6.07, 6.45) is 0. The fourth-order valence-electron chi connectivity index (χ4n) is 4.67. The predicted molar refractivity (Wildman–Crippen MR) is 151 cm³/mol. The molecule has 5 rings (SSSR count). The summed E-state index contributed by atoms with van der Waals surface area (Å²) in [5, 5.41) is 3.96. The number of carbonyl (C=O) groups is 1. The molecule has 1 N–H and O–H groups in total. The van der Waals surface area contributed by atoms with Crippen molar-refractivity contribution in [3.8, 4) is 17.0 Å². The Morgan fingerprint density at radius 2 is 1.51 bits per heavy atom. The number of carbonyl (C=O) groups excluding carboxylic acids is 1. The molecule has 1 aromatic heterocycles. The first-order valence-corrected chi connectivity index (χ1v) is 12.5. The number of pyridine rings is 1. The zero-order chi connectivity index (χ0) is 25.9. The van der Waals surface area contributed by atoms with Crippen molar-refractivity contribution < 1.29 is 9.53 Å². The molecule has 0 unspecified atom stereocenters. The summed E-state index contributed by atoms with van der Waals surface area (Å²) in [5.74, 6) is 0.651. The maximum Gasteiger partial charge on any atom is 0.256 e. The molecule has 0 radical (unpaired) electrons. The number of anilines is 1. The molecule has 0 bridgehead atoms. The largest absolute Gasteiger partial charge is 0.489 e. The molecule has 0 aliphatic carbocycles. The van der Waals surface area contributed by atoms with Crippen molar-refractivity contribution in [1.82, 2.24) is 4.98 Å². The van der Waals surface area contributed by atoms with E-state index in [1.54, 1.807) is 0 Å². The van der Waals surface area contributed by atoms with Gasteiger partial charge in [-0.3, -0.25) is 4.79 Å². The third-order valence-corrected chi connectivity index (χ3v) is 6.58.